The van der Waals surface area contributed by atoms with Gasteiger partial charge >= 0.3 is 19.5 Å². The number of fused-ring (bicyclic) bond motifs is 7. The fourth-order valence-electron chi connectivity index (χ4n) is 16.1. The molecule has 7 rings (SSSR count). The number of allylic oxidation sites excluding steroid dienone is 1. The van der Waals surface area contributed by atoms with Gasteiger partial charge in [0, 0.05) is 57.3 Å². The van der Waals surface area contributed by atoms with E-state index in [4.69, 9.17) is 18.5 Å². The predicted octanol–water partition coefficient (Wildman–Crippen LogP) is 8.59. The van der Waals surface area contributed by atoms with Crippen molar-refractivity contribution >= 4 is 29.4 Å². The maximum atomic E-state index is 13.7. The van der Waals surface area contributed by atoms with Crippen LogP contribution in [0.25, 0.3) is 0 Å². The van der Waals surface area contributed by atoms with Crippen LogP contribution in [0.3, 0.4) is 0 Å². The minimum Gasteiger partial charge on any atom is -0.481 e. The van der Waals surface area contributed by atoms with Gasteiger partial charge in [0.25, 0.3) is 0 Å². The lowest BCUT2D eigenvalue weighted by Gasteiger charge is -2.73. The molecule has 2 N–H and O–H groups in total. The summed E-state index contributed by atoms with van der Waals surface area (Å²) in [6, 6.07) is -0.136. The molecule has 62 heavy (non-hydrogen) atoms. The zero-order chi connectivity index (χ0) is 45.6. The second-order valence-corrected chi connectivity index (χ2v) is 27.8. The zero-order valence-corrected chi connectivity index (χ0v) is 41.6. The fourth-order valence-corrected chi connectivity index (χ4v) is 18.1. The maximum Gasteiger partial charge on any atom is 0.355 e. The first-order valence-electron chi connectivity index (χ1n) is 23.9. The Morgan fingerprint density at radius 1 is 0.871 bits per heavy atom. The number of ether oxygens (including phenoxy) is 2. The number of carbonyl (C=O) groups excluding carboxylic acids is 1. The van der Waals surface area contributed by atoms with Crippen LogP contribution in [0.15, 0.2) is 12.2 Å². The van der Waals surface area contributed by atoms with Gasteiger partial charge < -0.3 is 28.9 Å². The molecule has 7 aliphatic rings. The molecule has 0 spiro atoms. The van der Waals surface area contributed by atoms with Crippen LogP contribution < -0.4 is 5.32 Å². The minimum atomic E-state index is -3.41. The molecule has 0 aromatic heterocycles. The predicted molar refractivity (Wildman–Crippen MR) is 241 cm³/mol. The Labute approximate surface area is 373 Å². The number of aliphatic carboxylic acids is 1. The molecule has 354 valence electrons. The maximum absolute atomic E-state index is 13.7. The van der Waals surface area contributed by atoms with Crippen LogP contribution in [0.4, 0.5) is 0 Å². The van der Waals surface area contributed by atoms with E-state index in [1.165, 1.54) is 32.6 Å². The Morgan fingerprint density at radius 3 is 2.15 bits per heavy atom. The first kappa shape index (κ1) is 48.6. The molecule has 0 bridgehead atoms. The van der Waals surface area contributed by atoms with E-state index in [0.29, 0.717) is 49.2 Å². The summed E-state index contributed by atoms with van der Waals surface area (Å²) in [4.78, 5) is 27.5. The molecule has 6 aliphatic carbocycles. The summed E-state index contributed by atoms with van der Waals surface area (Å²) in [7, 11) is -3.77. The first-order chi connectivity index (χ1) is 28.8. The Hall–Kier alpha value is -1.34. The van der Waals surface area contributed by atoms with Gasteiger partial charge in [0.2, 0.25) is 0 Å². The number of rotatable bonds is 15. The van der Waals surface area contributed by atoms with Crippen molar-refractivity contribution in [1.29, 1.82) is 0 Å². The number of carbonyl (C=O) groups is 2. The average Bonchev–Trinajstić information content (AvgIpc) is 3.51. The normalized spacial score (nSPS) is 42.9. The lowest BCUT2D eigenvalue weighted by atomic mass is 9.32. The van der Waals surface area contributed by atoms with Gasteiger partial charge in [-0.3, -0.25) is 19.1 Å². The van der Waals surface area contributed by atoms with Crippen molar-refractivity contribution in [3.63, 3.8) is 0 Å². The van der Waals surface area contributed by atoms with Crippen molar-refractivity contribution in [2.24, 2.45) is 68.5 Å². The molecule has 0 amide bonds. The average molecular weight is 909 g/mol. The summed E-state index contributed by atoms with van der Waals surface area (Å²) in [5, 5.41) is 13.7. The molecule has 0 aromatic carbocycles. The highest BCUT2D eigenvalue weighted by Gasteiger charge is 2.71. The lowest BCUT2D eigenvalue weighted by Crippen LogP contribution is -2.69. The van der Waals surface area contributed by atoms with Crippen LogP contribution in [0.1, 0.15) is 133 Å². The molecule has 7 fully saturated rings. The molecule has 14 atom stereocenters. The van der Waals surface area contributed by atoms with Crippen molar-refractivity contribution in [3.05, 3.63) is 12.2 Å². The molecule has 14 heteroatoms. The van der Waals surface area contributed by atoms with Gasteiger partial charge in [-0.15, -0.1) is 0 Å². The van der Waals surface area contributed by atoms with E-state index in [2.05, 4.69) is 58.3 Å². The summed E-state index contributed by atoms with van der Waals surface area (Å²) in [6.07, 6.45) is 10.2. The van der Waals surface area contributed by atoms with E-state index < -0.39 is 23.4 Å². The number of hydrogen-bond donors (Lipinski definition) is 2. The number of nitrogens with one attached hydrogen (secondary N) is 1. The lowest BCUT2D eigenvalue weighted by molar-refractivity contribution is -0.246. The topological polar surface area (TPSA) is 158 Å². The monoisotopic (exact) mass is 909 g/mol. The summed E-state index contributed by atoms with van der Waals surface area (Å²) in [5.74, 6) is 0.942. The van der Waals surface area contributed by atoms with Crippen LogP contribution in [0.5, 0.6) is 0 Å². The SMILES string of the molecule is C=C(C)[C@@H]1CC[C@]2(NC[C@H]([C@@H](C)OCP(=O)(OC)OC)N3CCS(=O)(=O)CC3)CC[C@]3(C)[C@H](CC[C@@H]4[C@@]5(C)CC[C@H](OC(=O)[C@H]6[C@@H](CC(=O)O)C6(C)C)C(C)(C)[C@@H]5CC[C@]43C)[C@@H]12. The molecule has 0 unspecified atom stereocenters. The van der Waals surface area contributed by atoms with Crippen molar-refractivity contribution in [2.75, 3.05) is 51.7 Å². The van der Waals surface area contributed by atoms with E-state index in [0.717, 1.165) is 51.4 Å². The third-order valence-electron chi connectivity index (χ3n) is 20.1. The molecular formula is C48H81N2O10PS. The van der Waals surface area contributed by atoms with Crippen molar-refractivity contribution in [3.8, 4) is 0 Å². The van der Waals surface area contributed by atoms with Crippen LogP contribution in [-0.2, 0) is 42.5 Å². The molecule has 12 nitrogen and oxygen atoms in total. The van der Waals surface area contributed by atoms with Gasteiger partial charge in [-0.05, 0) is 135 Å². The van der Waals surface area contributed by atoms with Gasteiger partial charge in [-0.2, -0.15) is 0 Å². The summed E-state index contributed by atoms with van der Waals surface area (Å²) in [6.45, 7) is 26.9. The van der Waals surface area contributed by atoms with Crippen molar-refractivity contribution in [1.82, 2.24) is 10.2 Å². The molecule has 1 heterocycles. The first-order valence-corrected chi connectivity index (χ1v) is 27.4. The van der Waals surface area contributed by atoms with E-state index in [9.17, 15) is 27.7 Å². The zero-order valence-electron chi connectivity index (χ0n) is 39.9. The van der Waals surface area contributed by atoms with Gasteiger partial charge in [-0.25, -0.2) is 8.42 Å². The van der Waals surface area contributed by atoms with Crippen LogP contribution in [-0.4, -0.2) is 106 Å². The Kier molecular flexibility index (Phi) is 13.1. The summed E-state index contributed by atoms with van der Waals surface area (Å²) in [5.41, 5.74) is 0.997. The standard InChI is InChI=1S/C48H81N2O10PS/c1-30(2)32-15-20-48(49-28-35(50-23-25-62(55,56)26-24-50)31(3)59-29-61(54,57-11)58-12)22-21-46(9)33(40(32)48)13-14-37-45(8)18-17-38(44(6,7)36(45)16-19-47(37,46)10)60-42(53)41-34(27-39(51)52)43(41,4)5/h31-38,40-41,49H,1,13-29H2,2-12H3,(H,51,52)/t31-,32+,33-,34-,35-,36+,37-,38+,40-,41-,45+,46-,47-,48+/m1/s1. The van der Waals surface area contributed by atoms with Crippen molar-refractivity contribution in [2.45, 2.75) is 157 Å². The smallest absolute Gasteiger partial charge is 0.355 e. The van der Waals surface area contributed by atoms with Gasteiger partial charge in [0.15, 0.2) is 9.84 Å². The second-order valence-electron chi connectivity index (χ2n) is 23.2. The Morgan fingerprint density at radius 2 is 1.53 bits per heavy atom. The number of esters is 1. The number of carboxylic acids is 1. The quantitative estimate of drug-likeness (QED) is 0.0918. The van der Waals surface area contributed by atoms with Gasteiger partial charge in [0.1, 0.15) is 12.5 Å². The molecule has 6 saturated carbocycles. The number of nitrogens with zero attached hydrogens (tertiary/aromatic N) is 1. The highest BCUT2D eigenvalue weighted by atomic mass is 32.2. The van der Waals surface area contributed by atoms with E-state index in [-0.39, 0.29) is 92.9 Å². The van der Waals surface area contributed by atoms with E-state index >= 15 is 0 Å². The molecule has 1 saturated heterocycles. The second kappa shape index (κ2) is 16.8. The Balaban J connectivity index is 1.11. The van der Waals surface area contributed by atoms with E-state index in [1.807, 2.05) is 20.8 Å². The molecular weight excluding hydrogens is 828 g/mol. The van der Waals surface area contributed by atoms with Crippen LogP contribution in [0.2, 0.25) is 0 Å². The highest BCUT2D eigenvalue weighted by Crippen LogP contribution is 2.76. The van der Waals surface area contributed by atoms with Gasteiger partial charge in [-0.1, -0.05) is 60.6 Å². The third-order valence-corrected chi connectivity index (χ3v) is 23.3. The minimum absolute atomic E-state index is 0.00381. The number of sulfone groups is 1. The van der Waals surface area contributed by atoms with Crippen LogP contribution >= 0.6 is 7.60 Å². The molecule has 0 aromatic rings. The highest BCUT2D eigenvalue weighted by molar-refractivity contribution is 7.91. The number of carboxylic acid groups (broad SMARTS) is 1. The van der Waals surface area contributed by atoms with Gasteiger partial charge in [0.05, 0.1) is 23.5 Å². The molecule has 0 radical (unpaired) electrons. The van der Waals surface area contributed by atoms with E-state index in [1.54, 1.807) is 0 Å². The molecule has 1 aliphatic heterocycles. The fraction of sp³-hybridized carbons (Fsp3) is 0.917. The number of hydrogen-bond acceptors (Lipinski definition) is 11. The Bertz CT molecular complexity index is 1890. The van der Waals surface area contributed by atoms with Crippen LogP contribution in [0, 0.1) is 68.5 Å². The van der Waals surface area contributed by atoms with Crippen molar-refractivity contribution < 1.29 is 46.2 Å². The third kappa shape index (κ3) is 8.05. The summed E-state index contributed by atoms with van der Waals surface area (Å²) >= 11 is 0. The summed E-state index contributed by atoms with van der Waals surface area (Å²) < 4.78 is 61.2. The largest absolute Gasteiger partial charge is 0.481 e.